The van der Waals surface area contributed by atoms with E-state index in [9.17, 15) is 0 Å². The molecule has 12 rings (SSSR count). The molecule has 0 atom stereocenters. The van der Waals surface area contributed by atoms with E-state index >= 15 is 0 Å². The first kappa shape index (κ1) is 37.6. The van der Waals surface area contributed by atoms with E-state index in [1.165, 1.54) is 22.3 Å². The zero-order valence-corrected chi connectivity index (χ0v) is 35.6. The van der Waals surface area contributed by atoms with Crippen molar-refractivity contribution in [3.63, 3.8) is 0 Å². The highest BCUT2D eigenvalue weighted by Gasteiger charge is 2.35. The van der Waals surface area contributed by atoms with E-state index in [-0.39, 0.29) is 5.41 Å². The van der Waals surface area contributed by atoms with Gasteiger partial charge in [-0.25, -0.2) is 9.97 Å². The zero-order valence-electron chi connectivity index (χ0n) is 35.6. The van der Waals surface area contributed by atoms with Crippen molar-refractivity contribution in [3.8, 4) is 89.5 Å². The van der Waals surface area contributed by atoms with Gasteiger partial charge in [0.1, 0.15) is 11.2 Å². The number of rotatable bonds is 7. The summed E-state index contributed by atoms with van der Waals surface area (Å²) in [6, 6.07) is 77.9. The summed E-state index contributed by atoms with van der Waals surface area (Å²) in [5, 5.41) is 2.20. The summed E-state index contributed by atoms with van der Waals surface area (Å²) in [5.41, 5.74) is 20.6. The number of hydrogen-bond acceptors (Lipinski definition) is 3. The Morgan fingerprint density at radius 2 is 0.859 bits per heavy atom. The smallest absolute Gasteiger partial charge is 0.160 e. The van der Waals surface area contributed by atoms with Crippen molar-refractivity contribution in [1.82, 2.24) is 9.97 Å². The summed E-state index contributed by atoms with van der Waals surface area (Å²) >= 11 is 0. The summed E-state index contributed by atoms with van der Waals surface area (Å²) in [5.74, 6) is 0.671. The van der Waals surface area contributed by atoms with Crippen LogP contribution in [0.2, 0.25) is 0 Å². The monoisotopic (exact) mass is 818 g/mol. The summed E-state index contributed by atoms with van der Waals surface area (Å²) < 4.78 is 6.66. The molecule has 3 nitrogen and oxygen atoms in total. The second kappa shape index (κ2) is 15.0. The standard InChI is InChI=1S/C61H42N2O/c1-61(2)54-30-15-13-25-49(54)50-33-32-41(37-55(50)61)46-23-11-12-26-51(46)57-38-56(62-60(63-57)40-20-7-4-8-21-40)44-35-42(47-24-10-9-22-45(47)39-18-5-3-6-19-39)34-43(36-44)48-28-17-29-53-52-27-14-16-31-58(52)64-59(48)53/h3-38H,1-2H3. The van der Waals surface area contributed by atoms with E-state index < -0.39 is 0 Å². The number of hydrogen-bond donors (Lipinski definition) is 0. The first-order chi connectivity index (χ1) is 31.5. The van der Waals surface area contributed by atoms with Crippen molar-refractivity contribution in [2.75, 3.05) is 0 Å². The second-order valence-electron chi connectivity index (χ2n) is 17.3. The lowest BCUT2D eigenvalue weighted by Crippen LogP contribution is -2.14. The lowest BCUT2D eigenvalue weighted by molar-refractivity contribution is 0.660. The third-order valence-electron chi connectivity index (χ3n) is 13.1. The third kappa shape index (κ3) is 6.28. The number of benzene rings is 9. The normalized spacial score (nSPS) is 12.7. The SMILES string of the molecule is CC1(C)c2ccccc2-c2ccc(-c3ccccc3-c3cc(-c4cc(-c5ccccc5-c5ccccc5)cc(-c5cccc6c5oc5ccccc56)c4)nc(-c4ccccc4)n3)cc21. The average molecular weight is 819 g/mol. The quantitative estimate of drug-likeness (QED) is 0.161. The van der Waals surface area contributed by atoms with Gasteiger partial charge in [-0.05, 0) is 97.6 Å². The molecule has 64 heavy (non-hydrogen) atoms. The molecule has 0 radical (unpaired) electrons. The van der Waals surface area contributed by atoms with E-state index in [1.54, 1.807) is 0 Å². The van der Waals surface area contributed by atoms with Crippen LogP contribution in [0.1, 0.15) is 25.0 Å². The van der Waals surface area contributed by atoms with Crippen molar-refractivity contribution >= 4 is 21.9 Å². The molecule has 0 spiro atoms. The topological polar surface area (TPSA) is 38.9 Å². The lowest BCUT2D eigenvalue weighted by Gasteiger charge is -2.22. The van der Waals surface area contributed by atoms with E-state index in [4.69, 9.17) is 14.4 Å². The second-order valence-corrected chi connectivity index (χ2v) is 17.3. The van der Waals surface area contributed by atoms with Crippen LogP contribution < -0.4 is 0 Å². The Balaban J connectivity index is 1.08. The fourth-order valence-electron chi connectivity index (χ4n) is 9.94. The Kier molecular flexibility index (Phi) is 8.84. The minimum atomic E-state index is -0.117. The number of furan rings is 1. The van der Waals surface area contributed by atoms with Gasteiger partial charge in [0.05, 0.1) is 11.4 Å². The molecule has 2 aromatic heterocycles. The summed E-state index contributed by atoms with van der Waals surface area (Å²) in [7, 11) is 0. The molecule has 1 aliphatic carbocycles. The minimum absolute atomic E-state index is 0.117. The highest BCUT2D eigenvalue weighted by Crippen LogP contribution is 2.50. The van der Waals surface area contributed by atoms with Gasteiger partial charge in [0.25, 0.3) is 0 Å². The molecule has 9 aromatic carbocycles. The van der Waals surface area contributed by atoms with Crippen LogP contribution in [0.4, 0.5) is 0 Å². The van der Waals surface area contributed by atoms with Gasteiger partial charge in [-0.3, -0.25) is 0 Å². The van der Waals surface area contributed by atoms with Crippen molar-refractivity contribution in [1.29, 1.82) is 0 Å². The molecular formula is C61H42N2O. The zero-order chi connectivity index (χ0) is 42.8. The van der Waals surface area contributed by atoms with Gasteiger partial charge in [0, 0.05) is 38.4 Å². The molecule has 302 valence electrons. The molecule has 0 amide bonds. The molecule has 0 N–H and O–H groups in total. The van der Waals surface area contributed by atoms with Crippen LogP contribution >= 0.6 is 0 Å². The average Bonchev–Trinajstić information content (AvgIpc) is 3.86. The molecule has 11 aromatic rings. The Hall–Kier alpha value is -8.14. The number of fused-ring (bicyclic) bond motifs is 6. The number of aromatic nitrogens is 2. The van der Waals surface area contributed by atoms with Gasteiger partial charge in [-0.15, -0.1) is 0 Å². The molecule has 0 aliphatic heterocycles. The van der Waals surface area contributed by atoms with Crippen LogP contribution in [-0.2, 0) is 5.41 Å². The highest BCUT2D eigenvalue weighted by atomic mass is 16.3. The van der Waals surface area contributed by atoms with E-state index in [0.29, 0.717) is 5.82 Å². The molecule has 0 unspecified atom stereocenters. The van der Waals surface area contributed by atoms with Crippen molar-refractivity contribution in [3.05, 3.63) is 230 Å². The van der Waals surface area contributed by atoms with E-state index in [1.807, 2.05) is 18.2 Å². The number of nitrogens with zero attached hydrogens (tertiary/aromatic N) is 2. The molecule has 3 heteroatoms. The molecule has 0 bridgehead atoms. The van der Waals surface area contributed by atoms with E-state index in [0.717, 1.165) is 94.5 Å². The van der Waals surface area contributed by atoms with E-state index in [2.05, 4.69) is 214 Å². The fourth-order valence-corrected chi connectivity index (χ4v) is 9.94. The molecule has 2 heterocycles. The van der Waals surface area contributed by atoms with Crippen LogP contribution in [0.3, 0.4) is 0 Å². The van der Waals surface area contributed by atoms with Crippen molar-refractivity contribution in [2.24, 2.45) is 0 Å². The maximum atomic E-state index is 6.66. The Morgan fingerprint density at radius 1 is 0.328 bits per heavy atom. The van der Waals surface area contributed by atoms with Crippen LogP contribution in [0.25, 0.3) is 111 Å². The summed E-state index contributed by atoms with van der Waals surface area (Å²) in [6.07, 6.45) is 0. The molecule has 0 saturated carbocycles. The predicted octanol–water partition coefficient (Wildman–Crippen LogP) is 16.4. The maximum Gasteiger partial charge on any atom is 0.160 e. The minimum Gasteiger partial charge on any atom is -0.455 e. The van der Waals surface area contributed by atoms with Gasteiger partial charge in [-0.1, -0.05) is 196 Å². The predicted molar refractivity (Wildman–Crippen MR) is 265 cm³/mol. The summed E-state index contributed by atoms with van der Waals surface area (Å²) in [4.78, 5) is 10.8. The largest absolute Gasteiger partial charge is 0.455 e. The molecule has 0 saturated heterocycles. The van der Waals surface area contributed by atoms with Gasteiger partial charge in [0.2, 0.25) is 0 Å². The van der Waals surface area contributed by atoms with Crippen molar-refractivity contribution < 1.29 is 4.42 Å². The highest BCUT2D eigenvalue weighted by molar-refractivity contribution is 6.10. The fraction of sp³-hybridized carbons (Fsp3) is 0.0492. The molecule has 1 aliphatic rings. The van der Waals surface area contributed by atoms with Gasteiger partial charge in [-0.2, -0.15) is 0 Å². The molecule has 0 fully saturated rings. The van der Waals surface area contributed by atoms with Crippen molar-refractivity contribution in [2.45, 2.75) is 19.3 Å². The van der Waals surface area contributed by atoms with Gasteiger partial charge >= 0.3 is 0 Å². The van der Waals surface area contributed by atoms with Gasteiger partial charge < -0.3 is 4.42 Å². The van der Waals surface area contributed by atoms with Crippen LogP contribution in [-0.4, -0.2) is 9.97 Å². The Bertz CT molecular complexity index is 3580. The first-order valence-electron chi connectivity index (χ1n) is 22.0. The van der Waals surface area contributed by atoms with Crippen LogP contribution in [0.5, 0.6) is 0 Å². The maximum absolute atomic E-state index is 6.66. The molecular weight excluding hydrogens is 777 g/mol. The Labute approximate surface area is 373 Å². The lowest BCUT2D eigenvalue weighted by atomic mass is 9.81. The van der Waals surface area contributed by atoms with Crippen LogP contribution in [0.15, 0.2) is 223 Å². The van der Waals surface area contributed by atoms with Crippen LogP contribution in [0, 0.1) is 0 Å². The number of para-hydroxylation sites is 2. The summed E-state index contributed by atoms with van der Waals surface area (Å²) in [6.45, 7) is 4.68. The first-order valence-corrected chi connectivity index (χ1v) is 22.0. The Morgan fingerprint density at radius 3 is 1.62 bits per heavy atom. The third-order valence-corrected chi connectivity index (χ3v) is 13.1. The van der Waals surface area contributed by atoms with Gasteiger partial charge in [0.15, 0.2) is 5.82 Å².